The Morgan fingerprint density at radius 2 is 1.93 bits per heavy atom. The van der Waals surface area contributed by atoms with Crippen LogP contribution in [0.25, 0.3) is 0 Å². The summed E-state index contributed by atoms with van der Waals surface area (Å²) in [5, 5.41) is 14.4. The third kappa shape index (κ3) is 4.48. The van der Waals surface area contributed by atoms with Gasteiger partial charge in [-0.3, -0.25) is 10.3 Å². The molecule has 30 heavy (non-hydrogen) atoms. The highest BCUT2D eigenvalue weighted by Crippen LogP contribution is 2.36. The fourth-order valence-corrected chi connectivity index (χ4v) is 3.82. The standard InChI is InChI=1S/C24H22ClFN2O2/c1-2-30-19-9-6-15(7-10-19)21-14-22(20-13-17(25)8-11-23(20)29)28-24(27-21)16-4-3-5-18(26)12-16/h3-13,22,24,28-29H,2,14H2,1H3/t22-,24+/m1/s1. The van der Waals surface area contributed by atoms with Gasteiger partial charge in [-0.15, -0.1) is 0 Å². The Morgan fingerprint density at radius 3 is 2.67 bits per heavy atom. The molecule has 1 aliphatic rings. The lowest BCUT2D eigenvalue weighted by Crippen LogP contribution is -2.33. The SMILES string of the molecule is CCOc1ccc(C2=N[C@H](c3cccc(F)c3)N[C@@H](c3cc(Cl)ccc3O)C2)cc1. The van der Waals surface area contributed by atoms with Crippen LogP contribution in [-0.4, -0.2) is 17.4 Å². The molecule has 0 saturated carbocycles. The zero-order chi connectivity index (χ0) is 21.1. The molecule has 3 aromatic carbocycles. The lowest BCUT2D eigenvalue weighted by molar-refractivity contribution is 0.340. The van der Waals surface area contributed by atoms with Crippen molar-refractivity contribution in [1.29, 1.82) is 0 Å². The highest BCUT2D eigenvalue weighted by Gasteiger charge is 2.28. The third-order valence-corrected chi connectivity index (χ3v) is 5.30. The molecule has 2 N–H and O–H groups in total. The Labute approximate surface area is 180 Å². The number of phenols is 1. The van der Waals surface area contributed by atoms with Crippen LogP contribution in [0.15, 0.2) is 71.7 Å². The topological polar surface area (TPSA) is 53.8 Å². The van der Waals surface area contributed by atoms with Gasteiger partial charge < -0.3 is 9.84 Å². The van der Waals surface area contributed by atoms with Gasteiger partial charge in [0.05, 0.1) is 6.61 Å². The van der Waals surface area contributed by atoms with Crippen LogP contribution in [-0.2, 0) is 0 Å². The molecule has 0 bridgehead atoms. The number of nitrogens with one attached hydrogen (secondary N) is 1. The number of halogens is 2. The van der Waals surface area contributed by atoms with E-state index in [2.05, 4.69) is 5.32 Å². The number of ether oxygens (including phenoxy) is 1. The molecular formula is C24H22ClFN2O2. The lowest BCUT2D eigenvalue weighted by Gasteiger charge is -2.31. The molecule has 1 heterocycles. The van der Waals surface area contributed by atoms with E-state index in [-0.39, 0.29) is 17.6 Å². The average molecular weight is 425 g/mol. The minimum absolute atomic E-state index is 0.155. The summed E-state index contributed by atoms with van der Waals surface area (Å²) in [6.45, 7) is 2.54. The molecule has 154 valence electrons. The second-order valence-corrected chi connectivity index (χ2v) is 7.55. The molecule has 1 aliphatic heterocycles. The van der Waals surface area contributed by atoms with Crippen LogP contribution < -0.4 is 10.1 Å². The van der Waals surface area contributed by atoms with E-state index < -0.39 is 6.17 Å². The quantitative estimate of drug-likeness (QED) is 0.543. The first-order valence-corrected chi connectivity index (χ1v) is 10.2. The van der Waals surface area contributed by atoms with Crippen molar-refractivity contribution in [1.82, 2.24) is 5.32 Å². The molecular weight excluding hydrogens is 403 g/mol. The molecule has 4 nitrogen and oxygen atoms in total. The van der Waals surface area contributed by atoms with Gasteiger partial charge in [0.2, 0.25) is 0 Å². The van der Waals surface area contributed by atoms with Crippen LogP contribution in [0.3, 0.4) is 0 Å². The van der Waals surface area contributed by atoms with Crippen molar-refractivity contribution in [3.63, 3.8) is 0 Å². The maximum atomic E-state index is 13.8. The van der Waals surface area contributed by atoms with Crippen molar-refractivity contribution in [2.75, 3.05) is 6.61 Å². The van der Waals surface area contributed by atoms with Crippen molar-refractivity contribution in [3.8, 4) is 11.5 Å². The fourth-order valence-electron chi connectivity index (χ4n) is 3.64. The van der Waals surface area contributed by atoms with Gasteiger partial charge in [-0.1, -0.05) is 23.7 Å². The average Bonchev–Trinajstić information content (AvgIpc) is 2.76. The van der Waals surface area contributed by atoms with Crippen molar-refractivity contribution >= 4 is 17.3 Å². The van der Waals surface area contributed by atoms with E-state index in [4.69, 9.17) is 21.3 Å². The number of aromatic hydroxyl groups is 1. The Bertz CT molecular complexity index is 1070. The summed E-state index contributed by atoms with van der Waals surface area (Å²) in [6, 6.07) is 18.9. The van der Waals surface area contributed by atoms with Gasteiger partial charge >= 0.3 is 0 Å². The molecule has 0 unspecified atom stereocenters. The second-order valence-electron chi connectivity index (χ2n) is 7.12. The molecule has 2 atom stereocenters. The van der Waals surface area contributed by atoms with Gasteiger partial charge in [0.25, 0.3) is 0 Å². The highest BCUT2D eigenvalue weighted by atomic mass is 35.5. The number of aliphatic imine (C=N–C) groups is 1. The molecule has 0 saturated heterocycles. The molecule has 3 aromatic rings. The van der Waals surface area contributed by atoms with Crippen LogP contribution >= 0.6 is 11.6 Å². The van der Waals surface area contributed by atoms with E-state index in [9.17, 15) is 9.50 Å². The molecule has 4 rings (SSSR count). The van der Waals surface area contributed by atoms with Crippen LogP contribution in [0.1, 0.15) is 42.2 Å². The maximum Gasteiger partial charge on any atom is 0.126 e. The molecule has 0 aromatic heterocycles. The summed E-state index contributed by atoms with van der Waals surface area (Å²) in [5.74, 6) is 0.629. The van der Waals surface area contributed by atoms with Crippen molar-refractivity contribution < 1.29 is 14.2 Å². The van der Waals surface area contributed by atoms with E-state index in [1.54, 1.807) is 24.3 Å². The molecule has 0 radical (unpaired) electrons. The normalized spacial score (nSPS) is 18.7. The van der Waals surface area contributed by atoms with Crippen molar-refractivity contribution in [2.24, 2.45) is 4.99 Å². The minimum atomic E-state index is -0.459. The van der Waals surface area contributed by atoms with Gasteiger partial charge in [0, 0.05) is 28.8 Å². The van der Waals surface area contributed by atoms with Crippen LogP contribution in [0.4, 0.5) is 4.39 Å². The van der Waals surface area contributed by atoms with Crippen molar-refractivity contribution in [3.05, 3.63) is 94.3 Å². The maximum absolute atomic E-state index is 13.8. The lowest BCUT2D eigenvalue weighted by atomic mass is 9.93. The summed E-state index contributed by atoms with van der Waals surface area (Å²) in [5.41, 5.74) is 3.20. The van der Waals surface area contributed by atoms with Gasteiger partial charge in [-0.25, -0.2) is 4.39 Å². The monoisotopic (exact) mass is 424 g/mol. The van der Waals surface area contributed by atoms with E-state index in [1.807, 2.05) is 37.3 Å². The number of hydrogen-bond donors (Lipinski definition) is 2. The molecule has 0 spiro atoms. The number of rotatable bonds is 5. The fraction of sp³-hybridized carbons (Fsp3) is 0.208. The minimum Gasteiger partial charge on any atom is -0.508 e. The summed E-state index contributed by atoms with van der Waals surface area (Å²) >= 11 is 6.18. The largest absolute Gasteiger partial charge is 0.508 e. The first-order chi connectivity index (χ1) is 14.5. The van der Waals surface area contributed by atoms with E-state index in [1.165, 1.54) is 12.1 Å². The number of phenolic OH excluding ortho intramolecular Hbond substituents is 1. The predicted octanol–water partition coefficient (Wildman–Crippen LogP) is 5.81. The summed E-state index contributed by atoms with van der Waals surface area (Å²) in [6.07, 6.45) is 0.0904. The number of benzene rings is 3. The molecule has 0 amide bonds. The Balaban J connectivity index is 1.73. The Morgan fingerprint density at radius 1 is 1.13 bits per heavy atom. The smallest absolute Gasteiger partial charge is 0.126 e. The van der Waals surface area contributed by atoms with E-state index in [0.717, 1.165) is 17.0 Å². The predicted molar refractivity (Wildman–Crippen MR) is 117 cm³/mol. The number of nitrogens with zero attached hydrogens (tertiary/aromatic N) is 1. The zero-order valence-corrected chi connectivity index (χ0v) is 17.2. The van der Waals surface area contributed by atoms with Crippen LogP contribution in [0.5, 0.6) is 11.5 Å². The van der Waals surface area contributed by atoms with Crippen LogP contribution in [0.2, 0.25) is 5.02 Å². The van der Waals surface area contributed by atoms with Crippen molar-refractivity contribution in [2.45, 2.75) is 25.6 Å². The Hall–Kier alpha value is -2.89. The second kappa shape index (κ2) is 8.86. The number of hydrogen-bond acceptors (Lipinski definition) is 4. The zero-order valence-electron chi connectivity index (χ0n) is 16.5. The molecule has 0 fully saturated rings. The molecule has 0 aliphatic carbocycles. The first kappa shape index (κ1) is 20.4. The first-order valence-electron chi connectivity index (χ1n) is 9.83. The summed E-state index contributed by atoms with van der Waals surface area (Å²) in [7, 11) is 0. The van der Waals surface area contributed by atoms with Gasteiger partial charge in [0.15, 0.2) is 0 Å². The van der Waals surface area contributed by atoms with Crippen LogP contribution in [0, 0.1) is 5.82 Å². The third-order valence-electron chi connectivity index (χ3n) is 5.07. The van der Waals surface area contributed by atoms with Gasteiger partial charge in [-0.2, -0.15) is 0 Å². The summed E-state index contributed by atoms with van der Waals surface area (Å²) < 4.78 is 19.4. The molecule has 6 heteroatoms. The van der Waals surface area contributed by atoms with E-state index >= 15 is 0 Å². The highest BCUT2D eigenvalue weighted by molar-refractivity contribution is 6.30. The summed E-state index contributed by atoms with van der Waals surface area (Å²) in [4.78, 5) is 4.85. The Kier molecular flexibility index (Phi) is 6.02. The van der Waals surface area contributed by atoms with E-state index in [0.29, 0.717) is 29.2 Å². The van der Waals surface area contributed by atoms with Gasteiger partial charge in [-0.05, 0) is 72.6 Å². The van der Waals surface area contributed by atoms with Gasteiger partial charge in [0.1, 0.15) is 23.5 Å².